The number of hydrogen-bond donors (Lipinski definition) is 0. The molecule has 1 aliphatic rings. The third-order valence-electron chi connectivity index (χ3n) is 6.00. The van der Waals surface area contributed by atoms with Crippen molar-refractivity contribution in [2.45, 2.75) is 20.0 Å². The van der Waals surface area contributed by atoms with E-state index in [1.807, 2.05) is 44.3 Å². The van der Waals surface area contributed by atoms with Gasteiger partial charge in [-0.15, -0.1) is 0 Å². The molecule has 0 spiro atoms. The van der Waals surface area contributed by atoms with Gasteiger partial charge < -0.3 is 14.2 Å². The van der Waals surface area contributed by atoms with E-state index in [1.54, 1.807) is 0 Å². The Labute approximate surface area is 200 Å². The summed E-state index contributed by atoms with van der Waals surface area (Å²) >= 11 is 0. The first kappa shape index (κ1) is 22.4. The lowest BCUT2D eigenvalue weighted by atomic mass is 10.1. The van der Waals surface area contributed by atoms with E-state index < -0.39 is 0 Å². The van der Waals surface area contributed by atoms with Gasteiger partial charge in [-0.3, -0.25) is 9.30 Å². The second-order valence-corrected chi connectivity index (χ2v) is 8.81. The van der Waals surface area contributed by atoms with Crippen LogP contribution in [-0.4, -0.2) is 59.8 Å². The van der Waals surface area contributed by atoms with E-state index >= 15 is 0 Å². The molecule has 0 radical (unpaired) electrons. The molecule has 0 aliphatic carbocycles. The summed E-state index contributed by atoms with van der Waals surface area (Å²) in [4.78, 5) is 6.96. The first-order chi connectivity index (χ1) is 16.7. The number of hydrogen-bond acceptors (Lipinski definition) is 5. The third-order valence-corrected chi connectivity index (χ3v) is 6.00. The SMILES string of the molecule is CC(C)Oc1ccc(-c2cnc3ccc(-c4ccc(OCCN5CCOCC5)cc4)cn23)cc1. The number of fused-ring (bicyclic) bond motifs is 1. The number of nitrogens with zero attached hydrogens (tertiary/aromatic N) is 3. The third kappa shape index (κ3) is 5.24. The Hall–Kier alpha value is -3.35. The van der Waals surface area contributed by atoms with Crippen LogP contribution in [0.25, 0.3) is 28.0 Å². The monoisotopic (exact) mass is 457 g/mol. The van der Waals surface area contributed by atoms with Crippen LogP contribution in [0.2, 0.25) is 0 Å². The minimum Gasteiger partial charge on any atom is -0.492 e. The molecule has 1 aliphatic heterocycles. The molecule has 0 N–H and O–H groups in total. The highest BCUT2D eigenvalue weighted by molar-refractivity contribution is 5.69. The van der Waals surface area contributed by atoms with Gasteiger partial charge in [0.05, 0.1) is 31.2 Å². The van der Waals surface area contributed by atoms with Gasteiger partial charge in [0.15, 0.2) is 0 Å². The summed E-state index contributed by atoms with van der Waals surface area (Å²) in [5.41, 5.74) is 5.35. The Morgan fingerprint density at radius 2 is 1.53 bits per heavy atom. The van der Waals surface area contributed by atoms with Crippen molar-refractivity contribution in [1.29, 1.82) is 0 Å². The number of ether oxygens (including phenoxy) is 3. The molecule has 1 fully saturated rings. The van der Waals surface area contributed by atoms with Crippen LogP contribution in [0.4, 0.5) is 0 Å². The number of rotatable bonds is 8. The van der Waals surface area contributed by atoms with Gasteiger partial charge in [0.2, 0.25) is 0 Å². The molecule has 6 heteroatoms. The summed E-state index contributed by atoms with van der Waals surface area (Å²) in [5, 5.41) is 0. The predicted molar refractivity (Wildman–Crippen MR) is 135 cm³/mol. The molecule has 0 unspecified atom stereocenters. The number of benzene rings is 2. The fraction of sp³-hybridized carbons (Fsp3) is 0.321. The van der Waals surface area contributed by atoms with Crippen LogP contribution >= 0.6 is 0 Å². The molecule has 0 amide bonds. The van der Waals surface area contributed by atoms with Crippen molar-refractivity contribution in [3.63, 3.8) is 0 Å². The average Bonchev–Trinajstić information content (AvgIpc) is 3.29. The van der Waals surface area contributed by atoms with Gasteiger partial charge in [-0.25, -0.2) is 4.98 Å². The number of imidazole rings is 1. The lowest BCUT2D eigenvalue weighted by molar-refractivity contribution is 0.0322. The van der Waals surface area contributed by atoms with Gasteiger partial charge in [-0.1, -0.05) is 12.1 Å². The second-order valence-electron chi connectivity index (χ2n) is 8.81. The smallest absolute Gasteiger partial charge is 0.137 e. The van der Waals surface area contributed by atoms with Crippen LogP contribution in [0.5, 0.6) is 11.5 Å². The van der Waals surface area contributed by atoms with Gasteiger partial charge in [0, 0.05) is 31.4 Å². The molecule has 4 aromatic rings. The average molecular weight is 458 g/mol. The summed E-state index contributed by atoms with van der Waals surface area (Å²) in [6.07, 6.45) is 4.22. The highest BCUT2D eigenvalue weighted by Gasteiger charge is 2.11. The van der Waals surface area contributed by atoms with E-state index in [-0.39, 0.29) is 6.10 Å². The minimum atomic E-state index is 0.158. The van der Waals surface area contributed by atoms with Gasteiger partial charge >= 0.3 is 0 Å². The molecule has 0 saturated carbocycles. The second kappa shape index (κ2) is 10.3. The van der Waals surface area contributed by atoms with Crippen molar-refractivity contribution in [3.8, 4) is 33.9 Å². The van der Waals surface area contributed by atoms with Crippen LogP contribution in [-0.2, 0) is 4.74 Å². The Morgan fingerprint density at radius 3 is 2.26 bits per heavy atom. The van der Waals surface area contributed by atoms with Crippen molar-refractivity contribution in [3.05, 3.63) is 73.1 Å². The van der Waals surface area contributed by atoms with Crippen molar-refractivity contribution in [2.24, 2.45) is 0 Å². The zero-order valence-electron chi connectivity index (χ0n) is 19.8. The van der Waals surface area contributed by atoms with E-state index in [4.69, 9.17) is 14.2 Å². The minimum absolute atomic E-state index is 0.158. The van der Waals surface area contributed by atoms with Crippen molar-refractivity contribution >= 4 is 5.65 Å². The standard InChI is InChI=1S/C28H31N3O3/c1-21(2)34-26-10-5-23(6-11-26)27-19-29-28-12-7-24(20-31(27)28)22-3-8-25(9-4-22)33-18-15-30-13-16-32-17-14-30/h3-12,19-21H,13-18H2,1-2H3. The molecule has 0 atom stereocenters. The summed E-state index contributed by atoms with van der Waals surface area (Å²) in [5.74, 6) is 1.77. The van der Waals surface area contributed by atoms with Crippen LogP contribution in [0.15, 0.2) is 73.1 Å². The van der Waals surface area contributed by atoms with E-state index in [0.29, 0.717) is 6.61 Å². The summed E-state index contributed by atoms with van der Waals surface area (Å²) < 4.78 is 19.3. The zero-order valence-corrected chi connectivity index (χ0v) is 19.8. The molecular weight excluding hydrogens is 426 g/mol. The Balaban J connectivity index is 1.29. The Morgan fingerprint density at radius 1 is 0.853 bits per heavy atom. The predicted octanol–water partition coefficient (Wildman–Crippen LogP) is 5.17. The van der Waals surface area contributed by atoms with Crippen LogP contribution in [0, 0.1) is 0 Å². The van der Waals surface area contributed by atoms with E-state index in [9.17, 15) is 0 Å². The fourth-order valence-corrected chi connectivity index (χ4v) is 4.20. The van der Waals surface area contributed by atoms with Gasteiger partial charge in [0.25, 0.3) is 0 Å². The maximum absolute atomic E-state index is 5.96. The molecule has 1 saturated heterocycles. The fourth-order valence-electron chi connectivity index (χ4n) is 4.20. The van der Waals surface area contributed by atoms with Gasteiger partial charge in [-0.2, -0.15) is 0 Å². The topological polar surface area (TPSA) is 48.2 Å². The number of aromatic nitrogens is 2. The Bertz CT molecular complexity index is 1210. The first-order valence-corrected chi connectivity index (χ1v) is 11.9. The highest BCUT2D eigenvalue weighted by Crippen LogP contribution is 2.28. The van der Waals surface area contributed by atoms with Gasteiger partial charge in [-0.05, 0) is 73.5 Å². The Kier molecular flexibility index (Phi) is 6.79. The molecule has 5 rings (SSSR count). The van der Waals surface area contributed by atoms with Gasteiger partial charge in [0.1, 0.15) is 23.8 Å². The van der Waals surface area contributed by atoms with E-state index in [1.165, 1.54) is 0 Å². The zero-order chi connectivity index (χ0) is 23.3. The van der Waals surface area contributed by atoms with Crippen LogP contribution < -0.4 is 9.47 Å². The van der Waals surface area contributed by atoms with E-state index in [0.717, 1.165) is 72.4 Å². The molecule has 2 aromatic carbocycles. The highest BCUT2D eigenvalue weighted by atomic mass is 16.5. The molecule has 34 heavy (non-hydrogen) atoms. The quantitative estimate of drug-likeness (QED) is 0.366. The van der Waals surface area contributed by atoms with Crippen LogP contribution in [0.1, 0.15) is 13.8 Å². The molecule has 6 nitrogen and oxygen atoms in total. The lowest BCUT2D eigenvalue weighted by Gasteiger charge is -2.26. The van der Waals surface area contributed by atoms with E-state index in [2.05, 4.69) is 56.9 Å². The largest absolute Gasteiger partial charge is 0.492 e. The molecule has 176 valence electrons. The maximum Gasteiger partial charge on any atom is 0.137 e. The molecule has 3 heterocycles. The molecule has 2 aromatic heterocycles. The lowest BCUT2D eigenvalue weighted by Crippen LogP contribution is -2.38. The van der Waals surface area contributed by atoms with Crippen molar-refractivity contribution in [2.75, 3.05) is 39.5 Å². The normalized spacial score (nSPS) is 14.6. The summed E-state index contributed by atoms with van der Waals surface area (Å²) in [6, 6.07) is 20.7. The maximum atomic E-state index is 5.96. The van der Waals surface area contributed by atoms with Crippen molar-refractivity contribution < 1.29 is 14.2 Å². The number of morpholine rings is 1. The van der Waals surface area contributed by atoms with Crippen molar-refractivity contribution in [1.82, 2.24) is 14.3 Å². The number of pyridine rings is 1. The molecular formula is C28H31N3O3. The first-order valence-electron chi connectivity index (χ1n) is 11.9. The summed E-state index contributed by atoms with van der Waals surface area (Å²) in [6.45, 7) is 9.27. The summed E-state index contributed by atoms with van der Waals surface area (Å²) in [7, 11) is 0. The van der Waals surface area contributed by atoms with Crippen LogP contribution in [0.3, 0.4) is 0 Å². The molecule has 0 bridgehead atoms.